The van der Waals surface area contributed by atoms with Gasteiger partial charge in [-0.05, 0) is 43.5 Å². The number of aryl methyl sites for hydroxylation is 1. The molecule has 0 unspecified atom stereocenters. The maximum absolute atomic E-state index is 13.4. The highest BCUT2D eigenvalue weighted by atomic mass is 19.1. The maximum atomic E-state index is 13.4. The summed E-state index contributed by atoms with van der Waals surface area (Å²) >= 11 is 0. The largest absolute Gasteiger partial charge is 0.383 e. The third-order valence-corrected chi connectivity index (χ3v) is 4.58. The van der Waals surface area contributed by atoms with Crippen LogP contribution in [-0.2, 0) is 7.05 Å². The number of imidazole rings is 1. The molecule has 2 N–H and O–H groups in total. The first-order valence-corrected chi connectivity index (χ1v) is 7.66. The number of hydrogen-bond donors (Lipinski definition) is 1. The van der Waals surface area contributed by atoms with Crippen LogP contribution in [0.1, 0.15) is 49.4 Å². The summed E-state index contributed by atoms with van der Waals surface area (Å²) in [5, 5.41) is 0. The standard InChI is InChI=1S/C17H22FN3/c1-11-10-13(8-9-14(11)18)15-16(19)21(2)17(20-15)12-6-4-3-5-7-12/h8-10,12H,3-7,19H2,1-2H3. The first-order valence-electron chi connectivity index (χ1n) is 7.66. The molecule has 0 saturated heterocycles. The molecule has 1 aliphatic carbocycles. The number of halogens is 1. The van der Waals surface area contributed by atoms with Crippen LogP contribution >= 0.6 is 0 Å². The third-order valence-electron chi connectivity index (χ3n) is 4.58. The number of anilines is 1. The summed E-state index contributed by atoms with van der Waals surface area (Å²) in [6.45, 7) is 1.76. The van der Waals surface area contributed by atoms with Crippen LogP contribution in [0.4, 0.5) is 10.2 Å². The van der Waals surface area contributed by atoms with Crippen LogP contribution in [0.5, 0.6) is 0 Å². The normalized spacial score (nSPS) is 16.3. The van der Waals surface area contributed by atoms with Crippen molar-refractivity contribution in [1.29, 1.82) is 0 Å². The summed E-state index contributed by atoms with van der Waals surface area (Å²) in [6, 6.07) is 5.06. The van der Waals surface area contributed by atoms with E-state index >= 15 is 0 Å². The number of rotatable bonds is 2. The summed E-state index contributed by atoms with van der Waals surface area (Å²) in [5.41, 5.74) is 8.53. The van der Waals surface area contributed by atoms with Crippen molar-refractivity contribution in [2.45, 2.75) is 44.9 Å². The molecule has 0 aliphatic heterocycles. The molecule has 1 saturated carbocycles. The number of benzene rings is 1. The maximum Gasteiger partial charge on any atom is 0.131 e. The van der Waals surface area contributed by atoms with E-state index in [1.54, 1.807) is 13.0 Å². The zero-order valence-electron chi connectivity index (χ0n) is 12.7. The molecule has 1 heterocycles. The molecule has 0 spiro atoms. The van der Waals surface area contributed by atoms with Crippen LogP contribution < -0.4 is 5.73 Å². The van der Waals surface area contributed by atoms with E-state index in [4.69, 9.17) is 10.7 Å². The quantitative estimate of drug-likeness (QED) is 0.901. The molecule has 3 nitrogen and oxygen atoms in total. The number of nitrogen functional groups attached to an aromatic ring is 1. The molecule has 1 aromatic heterocycles. The van der Waals surface area contributed by atoms with Gasteiger partial charge in [0, 0.05) is 18.5 Å². The molecule has 1 aromatic carbocycles. The van der Waals surface area contributed by atoms with E-state index in [1.165, 1.54) is 38.2 Å². The molecule has 2 aromatic rings. The van der Waals surface area contributed by atoms with E-state index in [2.05, 4.69) is 0 Å². The molecular weight excluding hydrogens is 265 g/mol. The molecule has 21 heavy (non-hydrogen) atoms. The molecule has 0 bridgehead atoms. The van der Waals surface area contributed by atoms with E-state index < -0.39 is 0 Å². The van der Waals surface area contributed by atoms with Crippen molar-refractivity contribution >= 4 is 5.82 Å². The minimum Gasteiger partial charge on any atom is -0.383 e. The van der Waals surface area contributed by atoms with Gasteiger partial charge in [0.05, 0.1) is 0 Å². The SMILES string of the molecule is Cc1cc(-c2nc(C3CCCCC3)n(C)c2N)ccc1F. The van der Waals surface area contributed by atoms with E-state index in [0.29, 0.717) is 17.3 Å². The van der Waals surface area contributed by atoms with Crippen LogP contribution in [0.3, 0.4) is 0 Å². The highest BCUT2D eigenvalue weighted by molar-refractivity contribution is 5.71. The van der Waals surface area contributed by atoms with Crippen LogP contribution in [0.15, 0.2) is 18.2 Å². The van der Waals surface area contributed by atoms with Gasteiger partial charge >= 0.3 is 0 Å². The molecule has 3 rings (SSSR count). The van der Waals surface area contributed by atoms with Gasteiger partial charge in [-0.2, -0.15) is 0 Å². The molecule has 1 aliphatic rings. The number of nitrogens with zero attached hydrogens (tertiary/aromatic N) is 2. The van der Waals surface area contributed by atoms with Gasteiger partial charge in [-0.1, -0.05) is 19.3 Å². The zero-order chi connectivity index (χ0) is 15.0. The molecular formula is C17H22FN3. The first kappa shape index (κ1) is 14.1. The van der Waals surface area contributed by atoms with Gasteiger partial charge in [-0.15, -0.1) is 0 Å². The smallest absolute Gasteiger partial charge is 0.131 e. The fraction of sp³-hybridized carbons (Fsp3) is 0.471. The Morgan fingerprint density at radius 1 is 1.24 bits per heavy atom. The predicted molar refractivity (Wildman–Crippen MR) is 83.6 cm³/mol. The average molecular weight is 287 g/mol. The van der Waals surface area contributed by atoms with Crippen molar-refractivity contribution in [2.24, 2.45) is 7.05 Å². The Balaban J connectivity index is 2.01. The summed E-state index contributed by atoms with van der Waals surface area (Å²) < 4.78 is 15.4. The van der Waals surface area contributed by atoms with Gasteiger partial charge in [0.25, 0.3) is 0 Å². The topological polar surface area (TPSA) is 43.8 Å². The van der Waals surface area contributed by atoms with Crippen molar-refractivity contribution in [3.8, 4) is 11.3 Å². The molecule has 0 radical (unpaired) electrons. The lowest BCUT2D eigenvalue weighted by Crippen LogP contribution is -2.11. The minimum atomic E-state index is -0.194. The Morgan fingerprint density at radius 3 is 2.62 bits per heavy atom. The second-order valence-electron chi connectivity index (χ2n) is 6.06. The van der Waals surface area contributed by atoms with E-state index in [0.717, 1.165) is 17.1 Å². The number of hydrogen-bond acceptors (Lipinski definition) is 2. The third kappa shape index (κ3) is 2.55. The van der Waals surface area contributed by atoms with Crippen molar-refractivity contribution in [3.05, 3.63) is 35.4 Å². The van der Waals surface area contributed by atoms with Gasteiger partial charge in [-0.25, -0.2) is 9.37 Å². The van der Waals surface area contributed by atoms with Crippen LogP contribution in [0.25, 0.3) is 11.3 Å². The van der Waals surface area contributed by atoms with Gasteiger partial charge in [0.1, 0.15) is 23.2 Å². The number of aromatic nitrogens is 2. The molecule has 0 amide bonds. The fourth-order valence-electron chi connectivity index (χ4n) is 3.26. The average Bonchev–Trinajstić information content (AvgIpc) is 2.79. The summed E-state index contributed by atoms with van der Waals surface area (Å²) in [7, 11) is 1.98. The highest BCUT2D eigenvalue weighted by Crippen LogP contribution is 2.36. The highest BCUT2D eigenvalue weighted by Gasteiger charge is 2.23. The first-order chi connectivity index (χ1) is 10.1. The predicted octanol–water partition coefficient (Wildman–Crippen LogP) is 4.16. The van der Waals surface area contributed by atoms with Gasteiger partial charge < -0.3 is 10.3 Å². The molecule has 0 atom stereocenters. The summed E-state index contributed by atoms with van der Waals surface area (Å²) in [6.07, 6.45) is 6.23. The monoisotopic (exact) mass is 287 g/mol. The Morgan fingerprint density at radius 2 is 1.95 bits per heavy atom. The van der Waals surface area contributed by atoms with Crippen molar-refractivity contribution in [2.75, 3.05) is 5.73 Å². The Kier molecular flexibility index (Phi) is 3.70. The van der Waals surface area contributed by atoms with Crippen LogP contribution in [0.2, 0.25) is 0 Å². The summed E-state index contributed by atoms with van der Waals surface area (Å²) in [4.78, 5) is 4.79. The van der Waals surface area contributed by atoms with E-state index in [-0.39, 0.29) is 5.82 Å². The van der Waals surface area contributed by atoms with Crippen molar-refractivity contribution in [1.82, 2.24) is 9.55 Å². The Labute approximate surface area is 125 Å². The van der Waals surface area contributed by atoms with Gasteiger partial charge in [0.15, 0.2) is 0 Å². The lowest BCUT2D eigenvalue weighted by atomic mass is 9.89. The van der Waals surface area contributed by atoms with Gasteiger partial charge in [0.2, 0.25) is 0 Å². The second kappa shape index (κ2) is 5.51. The minimum absolute atomic E-state index is 0.194. The molecule has 1 fully saturated rings. The van der Waals surface area contributed by atoms with Crippen LogP contribution in [0, 0.1) is 12.7 Å². The number of nitrogens with two attached hydrogens (primary N) is 1. The van der Waals surface area contributed by atoms with Crippen LogP contribution in [-0.4, -0.2) is 9.55 Å². The van der Waals surface area contributed by atoms with E-state index in [9.17, 15) is 4.39 Å². The van der Waals surface area contributed by atoms with Crippen molar-refractivity contribution in [3.63, 3.8) is 0 Å². The zero-order valence-corrected chi connectivity index (χ0v) is 12.7. The lowest BCUT2D eigenvalue weighted by Gasteiger charge is -2.21. The Bertz CT molecular complexity index is 654. The van der Waals surface area contributed by atoms with Gasteiger partial charge in [-0.3, -0.25) is 0 Å². The summed E-state index contributed by atoms with van der Waals surface area (Å²) in [5.74, 6) is 2.05. The van der Waals surface area contributed by atoms with E-state index in [1.807, 2.05) is 17.7 Å². The fourth-order valence-corrected chi connectivity index (χ4v) is 3.26. The second-order valence-corrected chi connectivity index (χ2v) is 6.06. The Hall–Kier alpha value is -1.84. The van der Waals surface area contributed by atoms with Crippen molar-refractivity contribution < 1.29 is 4.39 Å². The molecule has 112 valence electrons. The molecule has 4 heteroatoms. The lowest BCUT2D eigenvalue weighted by molar-refractivity contribution is 0.422.